The number of hydrogen-bond donors (Lipinski definition) is 1. The lowest BCUT2D eigenvalue weighted by Gasteiger charge is -2.04. The zero-order valence-electron chi connectivity index (χ0n) is 4.98. The second-order valence-corrected chi connectivity index (χ2v) is 1.62. The number of rotatable bonds is 3. The van der Waals surface area contributed by atoms with E-state index in [0.29, 0.717) is 6.00 Å². The van der Waals surface area contributed by atoms with Crippen molar-refractivity contribution in [3.63, 3.8) is 0 Å². The average Bonchev–Trinajstić information content (AvgIpc) is 1.68. The van der Waals surface area contributed by atoms with Crippen LogP contribution in [0.25, 0.3) is 0 Å². The Kier molecular flexibility index (Phi) is 4.14. The summed E-state index contributed by atoms with van der Waals surface area (Å²) < 4.78 is 4.91. The van der Waals surface area contributed by atoms with Crippen LogP contribution >= 0.6 is 0 Å². The van der Waals surface area contributed by atoms with Crippen molar-refractivity contribution in [3.8, 4) is 0 Å². The SMILES string of the molecule is BC(CCN)OC. The first-order valence-electron chi connectivity index (χ1n) is 2.54. The van der Waals surface area contributed by atoms with Crippen LogP contribution in [-0.2, 0) is 4.74 Å². The van der Waals surface area contributed by atoms with Gasteiger partial charge in [0.1, 0.15) is 7.85 Å². The quantitative estimate of drug-likeness (QED) is 0.460. The second-order valence-electron chi connectivity index (χ2n) is 1.62. The van der Waals surface area contributed by atoms with Crippen LogP contribution in [0.15, 0.2) is 0 Å². The molecule has 1 atom stereocenters. The number of hydrogen-bond acceptors (Lipinski definition) is 2. The molecule has 0 aromatic carbocycles. The molecule has 0 aliphatic rings. The predicted octanol–water partition coefficient (Wildman–Crippen LogP) is -1.06. The molecule has 0 aromatic heterocycles. The minimum Gasteiger partial charge on any atom is -0.390 e. The van der Waals surface area contributed by atoms with Gasteiger partial charge in [0, 0.05) is 13.1 Å². The molecule has 0 spiro atoms. The summed E-state index contributed by atoms with van der Waals surface area (Å²) in [5.41, 5.74) is 5.22. The van der Waals surface area contributed by atoms with Crippen molar-refractivity contribution in [2.75, 3.05) is 13.7 Å². The van der Waals surface area contributed by atoms with E-state index in [1.165, 1.54) is 0 Å². The fraction of sp³-hybridized carbons (Fsp3) is 1.00. The van der Waals surface area contributed by atoms with Gasteiger partial charge in [-0.3, -0.25) is 0 Å². The predicted molar refractivity (Wildman–Crippen MR) is 33.0 cm³/mol. The normalized spacial score (nSPS) is 14.0. The average molecular weight is 101 g/mol. The van der Waals surface area contributed by atoms with Crippen LogP contribution in [0, 0.1) is 0 Å². The summed E-state index contributed by atoms with van der Waals surface area (Å²) in [6, 6.07) is 0.324. The second kappa shape index (κ2) is 4.15. The molecule has 0 saturated carbocycles. The molecular weight excluding hydrogens is 88.9 g/mol. The molecule has 0 aromatic rings. The van der Waals surface area contributed by atoms with Gasteiger partial charge in [0.2, 0.25) is 0 Å². The number of methoxy groups -OCH3 is 1. The first kappa shape index (κ1) is 6.98. The first-order valence-corrected chi connectivity index (χ1v) is 2.54. The fourth-order valence-corrected chi connectivity index (χ4v) is 0.353. The standard InChI is InChI=1S/C4H12BNO/c1-7-4(5)2-3-6/h4H,2-3,5-6H2,1H3. The molecule has 0 radical (unpaired) electrons. The summed E-state index contributed by atoms with van der Waals surface area (Å²) in [5, 5.41) is 0. The highest BCUT2D eigenvalue weighted by molar-refractivity contribution is 6.10. The van der Waals surface area contributed by atoms with Gasteiger partial charge in [-0.2, -0.15) is 0 Å². The summed E-state index contributed by atoms with van der Waals surface area (Å²) in [4.78, 5) is 0. The molecular formula is C4H12BNO. The Morgan fingerprint density at radius 1 is 1.86 bits per heavy atom. The molecule has 0 heterocycles. The van der Waals surface area contributed by atoms with E-state index < -0.39 is 0 Å². The van der Waals surface area contributed by atoms with Gasteiger partial charge in [-0.1, -0.05) is 0 Å². The van der Waals surface area contributed by atoms with Gasteiger partial charge in [-0.15, -0.1) is 0 Å². The molecule has 42 valence electrons. The van der Waals surface area contributed by atoms with Crippen molar-refractivity contribution in [1.29, 1.82) is 0 Å². The third-order valence-electron chi connectivity index (χ3n) is 0.976. The smallest absolute Gasteiger partial charge is 0.139 e. The van der Waals surface area contributed by atoms with E-state index in [0.717, 1.165) is 13.0 Å². The van der Waals surface area contributed by atoms with E-state index in [2.05, 4.69) is 0 Å². The van der Waals surface area contributed by atoms with Gasteiger partial charge >= 0.3 is 0 Å². The molecule has 2 nitrogen and oxygen atoms in total. The topological polar surface area (TPSA) is 35.2 Å². The maximum atomic E-state index is 5.22. The Bertz CT molecular complexity index is 42.7. The van der Waals surface area contributed by atoms with Crippen LogP contribution in [0.1, 0.15) is 6.42 Å². The molecule has 0 bridgehead atoms. The molecule has 7 heavy (non-hydrogen) atoms. The molecule has 2 N–H and O–H groups in total. The van der Waals surface area contributed by atoms with Crippen LogP contribution in [0.5, 0.6) is 0 Å². The maximum Gasteiger partial charge on any atom is 0.139 e. The molecule has 0 rings (SSSR count). The number of nitrogens with two attached hydrogens (primary N) is 1. The molecule has 0 saturated heterocycles. The highest BCUT2D eigenvalue weighted by atomic mass is 16.5. The zero-order chi connectivity index (χ0) is 5.70. The van der Waals surface area contributed by atoms with Gasteiger partial charge < -0.3 is 10.5 Å². The summed E-state index contributed by atoms with van der Waals surface area (Å²) in [5.74, 6) is 0. The minimum atomic E-state index is 0.324. The van der Waals surface area contributed by atoms with E-state index in [1.54, 1.807) is 7.11 Å². The Morgan fingerprint density at radius 3 is 2.57 bits per heavy atom. The van der Waals surface area contributed by atoms with E-state index in [-0.39, 0.29) is 0 Å². The first-order chi connectivity index (χ1) is 3.31. The molecule has 3 heteroatoms. The third kappa shape index (κ3) is 3.82. The third-order valence-corrected chi connectivity index (χ3v) is 0.976. The van der Waals surface area contributed by atoms with Gasteiger partial charge in [0.05, 0.1) is 0 Å². The van der Waals surface area contributed by atoms with Crippen LogP contribution < -0.4 is 5.73 Å². The Hall–Kier alpha value is -0.0151. The highest BCUT2D eigenvalue weighted by Crippen LogP contribution is 1.85. The van der Waals surface area contributed by atoms with Gasteiger partial charge in [0.25, 0.3) is 0 Å². The van der Waals surface area contributed by atoms with Crippen LogP contribution in [0.3, 0.4) is 0 Å². The van der Waals surface area contributed by atoms with Gasteiger partial charge in [0.15, 0.2) is 0 Å². The van der Waals surface area contributed by atoms with Crippen molar-refractivity contribution in [3.05, 3.63) is 0 Å². The maximum absolute atomic E-state index is 5.22. The van der Waals surface area contributed by atoms with Crippen molar-refractivity contribution in [1.82, 2.24) is 0 Å². The Morgan fingerprint density at radius 2 is 2.43 bits per heavy atom. The molecule has 0 aliphatic heterocycles. The van der Waals surface area contributed by atoms with E-state index in [1.807, 2.05) is 7.85 Å². The van der Waals surface area contributed by atoms with Crippen LogP contribution in [-0.4, -0.2) is 27.5 Å². The Labute approximate surface area is 45.4 Å². The van der Waals surface area contributed by atoms with E-state index in [4.69, 9.17) is 10.5 Å². The van der Waals surface area contributed by atoms with Crippen molar-refractivity contribution < 1.29 is 4.74 Å². The monoisotopic (exact) mass is 101 g/mol. The summed E-state index contributed by atoms with van der Waals surface area (Å²) in [7, 11) is 3.70. The minimum absolute atomic E-state index is 0.324. The molecule has 1 unspecified atom stereocenters. The Balaban J connectivity index is 2.83. The van der Waals surface area contributed by atoms with Gasteiger partial charge in [-0.05, 0) is 13.0 Å². The lowest BCUT2D eigenvalue weighted by molar-refractivity contribution is 0.161. The van der Waals surface area contributed by atoms with E-state index in [9.17, 15) is 0 Å². The lowest BCUT2D eigenvalue weighted by atomic mass is 9.97. The molecule has 0 amide bonds. The molecule has 0 aliphatic carbocycles. The molecule has 0 fully saturated rings. The largest absolute Gasteiger partial charge is 0.390 e. The lowest BCUT2D eigenvalue weighted by Crippen LogP contribution is -2.15. The van der Waals surface area contributed by atoms with Crippen LogP contribution in [0.2, 0.25) is 0 Å². The fourth-order valence-electron chi connectivity index (χ4n) is 0.353. The van der Waals surface area contributed by atoms with Crippen molar-refractivity contribution >= 4 is 7.85 Å². The van der Waals surface area contributed by atoms with E-state index >= 15 is 0 Å². The number of ether oxygens (including phenoxy) is 1. The summed E-state index contributed by atoms with van der Waals surface area (Å²) >= 11 is 0. The van der Waals surface area contributed by atoms with Crippen molar-refractivity contribution in [2.45, 2.75) is 12.4 Å². The zero-order valence-corrected chi connectivity index (χ0v) is 4.98. The van der Waals surface area contributed by atoms with Crippen molar-refractivity contribution in [2.24, 2.45) is 5.73 Å². The van der Waals surface area contributed by atoms with Gasteiger partial charge in [-0.25, -0.2) is 0 Å². The van der Waals surface area contributed by atoms with Crippen LogP contribution in [0.4, 0.5) is 0 Å². The highest BCUT2D eigenvalue weighted by Gasteiger charge is 1.93. The summed E-state index contributed by atoms with van der Waals surface area (Å²) in [6.07, 6.45) is 0.955. The summed E-state index contributed by atoms with van der Waals surface area (Å²) in [6.45, 7) is 0.717.